The molecule has 0 bridgehead atoms. The van der Waals surface area contributed by atoms with Crippen molar-refractivity contribution in [1.29, 1.82) is 0 Å². The topological polar surface area (TPSA) is 27.7 Å². The molecule has 4 heteroatoms. The molecule has 0 spiro atoms. The Hall–Kier alpha value is -0.330. The quantitative estimate of drug-likeness (QED) is 0.793. The number of hydrogen-bond donors (Lipinski definition) is 0. The normalized spacial score (nSPS) is 17.3. The van der Waals surface area contributed by atoms with Crippen molar-refractivity contribution in [3.05, 3.63) is 27.8 Å². The summed E-state index contributed by atoms with van der Waals surface area (Å²) in [5.41, 5.74) is 0. The largest absolute Gasteiger partial charge is 0.493 e. The third-order valence-electron chi connectivity index (χ3n) is 2.33. The zero-order valence-corrected chi connectivity index (χ0v) is 11.2. The van der Waals surface area contributed by atoms with E-state index in [9.17, 15) is 0 Å². The van der Waals surface area contributed by atoms with E-state index in [1.165, 1.54) is 3.57 Å². The smallest absolute Gasteiger partial charge is 0.160 e. The van der Waals surface area contributed by atoms with E-state index in [0.717, 1.165) is 31.8 Å². The zero-order valence-electron chi connectivity index (χ0n) is 9.02. The highest BCUT2D eigenvalue weighted by Crippen LogP contribution is 2.15. The van der Waals surface area contributed by atoms with Crippen LogP contribution >= 0.6 is 22.6 Å². The van der Waals surface area contributed by atoms with Gasteiger partial charge in [-0.3, -0.25) is 0 Å². The summed E-state index contributed by atoms with van der Waals surface area (Å²) in [6.07, 6.45) is 1.69. The highest BCUT2D eigenvalue weighted by molar-refractivity contribution is 14.1. The van der Waals surface area contributed by atoms with E-state index in [0.29, 0.717) is 6.61 Å². The van der Waals surface area contributed by atoms with E-state index in [1.54, 1.807) is 0 Å². The van der Waals surface area contributed by atoms with Gasteiger partial charge in [-0.25, -0.2) is 0 Å². The van der Waals surface area contributed by atoms with E-state index < -0.39 is 0 Å². The minimum absolute atomic E-state index is 0.0856. The summed E-state index contributed by atoms with van der Waals surface area (Å²) >= 11 is 2.27. The van der Waals surface area contributed by atoms with Crippen LogP contribution in [0.25, 0.3) is 0 Å². The SMILES string of the molecule is Ic1ccc(OCCC2OCCCO2)cc1. The van der Waals surface area contributed by atoms with Gasteiger partial charge in [-0.1, -0.05) is 0 Å². The van der Waals surface area contributed by atoms with Crippen LogP contribution in [0.3, 0.4) is 0 Å². The van der Waals surface area contributed by atoms with Gasteiger partial charge in [0.1, 0.15) is 5.75 Å². The number of halogens is 1. The Morgan fingerprint density at radius 1 is 1.19 bits per heavy atom. The summed E-state index contributed by atoms with van der Waals surface area (Å²) in [5.74, 6) is 0.899. The molecule has 1 fully saturated rings. The molecule has 0 aromatic heterocycles. The van der Waals surface area contributed by atoms with Gasteiger partial charge >= 0.3 is 0 Å². The summed E-state index contributed by atoms with van der Waals surface area (Å²) < 4.78 is 17.7. The molecule has 3 nitrogen and oxygen atoms in total. The Kier molecular flexibility index (Phi) is 4.87. The fourth-order valence-electron chi connectivity index (χ4n) is 1.51. The first-order valence-electron chi connectivity index (χ1n) is 5.46. The lowest BCUT2D eigenvalue weighted by atomic mass is 10.3. The first-order valence-corrected chi connectivity index (χ1v) is 6.54. The average molecular weight is 334 g/mol. The molecule has 0 amide bonds. The van der Waals surface area contributed by atoms with Crippen LogP contribution in [-0.4, -0.2) is 26.1 Å². The van der Waals surface area contributed by atoms with Crippen molar-refractivity contribution in [2.45, 2.75) is 19.1 Å². The lowest BCUT2D eigenvalue weighted by Crippen LogP contribution is -2.26. The van der Waals surface area contributed by atoms with Crippen molar-refractivity contribution in [1.82, 2.24) is 0 Å². The maximum absolute atomic E-state index is 5.60. The molecule has 1 aliphatic heterocycles. The molecular weight excluding hydrogens is 319 g/mol. The molecule has 16 heavy (non-hydrogen) atoms. The van der Waals surface area contributed by atoms with Crippen LogP contribution in [0, 0.1) is 3.57 Å². The summed E-state index contributed by atoms with van der Waals surface area (Å²) in [6.45, 7) is 2.23. The molecule has 0 unspecified atom stereocenters. The molecule has 88 valence electrons. The maximum atomic E-state index is 5.60. The second kappa shape index (κ2) is 6.42. The molecule has 0 radical (unpaired) electrons. The summed E-state index contributed by atoms with van der Waals surface area (Å²) in [5, 5.41) is 0. The third-order valence-corrected chi connectivity index (χ3v) is 3.05. The van der Waals surface area contributed by atoms with Gasteiger partial charge in [-0.05, 0) is 53.3 Å². The predicted octanol–water partition coefficient (Wildman–Crippen LogP) is 2.82. The average Bonchev–Trinajstić information content (AvgIpc) is 2.33. The lowest BCUT2D eigenvalue weighted by Gasteiger charge is -2.23. The Bertz CT molecular complexity index is 307. The Labute approximate surface area is 109 Å². The first-order chi connectivity index (χ1) is 7.84. The Morgan fingerprint density at radius 2 is 1.88 bits per heavy atom. The van der Waals surface area contributed by atoms with Crippen LogP contribution in [0.4, 0.5) is 0 Å². The first kappa shape index (κ1) is 12.1. The van der Waals surface area contributed by atoms with E-state index in [1.807, 2.05) is 24.3 Å². The second-order valence-electron chi connectivity index (χ2n) is 3.62. The Balaban J connectivity index is 1.69. The summed E-state index contributed by atoms with van der Waals surface area (Å²) in [7, 11) is 0. The summed E-state index contributed by atoms with van der Waals surface area (Å²) in [6, 6.07) is 8.02. The van der Waals surface area contributed by atoms with Crippen molar-refractivity contribution < 1.29 is 14.2 Å². The highest BCUT2D eigenvalue weighted by atomic mass is 127. The molecule has 0 atom stereocenters. The number of benzene rings is 1. The van der Waals surface area contributed by atoms with Gasteiger partial charge < -0.3 is 14.2 Å². The Morgan fingerprint density at radius 3 is 2.56 bits per heavy atom. The van der Waals surface area contributed by atoms with Gasteiger partial charge in [-0.2, -0.15) is 0 Å². The number of rotatable bonds is 4. The van der Waals surface area contributed by atoms with Crippen molar-refractivity contribution in [2.24, 2.45) is 0 Å². The minimum Gasteiger partial charge on any atom is -0.493 e. The van der Waals surface area contributed by atoms with Crippen LogP contribution in [0.5, 0.6) is 5.75 Å². The molecule has 0 aliphatic carbocycles. The molecule has 1 aromatic rings. The number of hydrogen-bond acceptors (Lipinski definition) is 3. The zero-order chi connectivity index (χ0) is 11.2. The van der Waals surface area contributed by atoms with Crippen LogP contribution in [0.2, 0.25) is 0 Å². The van der Waals surface area contributed by atoms with Crippen molar-refractivity contribution >= 4 is 22.6 Å². The molecule has 0 saturated carbocycles. The van der Waals surface area contributed by atoms with Gasteiger partial charge in [0.15, 0.2) is 6.29 Å². The minimum atomic E-state index is -0.0856. The van der Waals surface area contributed by atoms with E-state index in [-0.39, 0.29) is 6.29 Å². The standard InChI is InChI=1S/C12H15IO3/c13-10-2-4-11(5-3-10)14-9-6-12-15-7-1-8-16-12/h2-5,12H,1,6-9H2. The highest BCUT2D eigenvalue weighted by Gasteiger charge is 2.13. The lowest BCUT2D eigenvalue weighted by molar-refractivity contribution is -0.183. The molecule has 0 N–H and O–H groups in total. The molecular formula is C12H15IO3. The molecule has 1 heterocycles. The second-order valence-corrected chi connectivity index (χ2v) is 4.86. The fraction of sp³-hybridized carbons (Fsp3) is 0.500. The van der Waals surface area contributed by atoms with E-state index >= 15 is 0 Å². The van der Waals surface area contributed by atoms with Gasteiger partial charge in [0.25, 0.3) is 0 Å². The summed E-state index contributed by atoms with van der Waals surface area (Å²) in [4.78, 5) is 0. The molecule has 1 aromatic carbocycles. The van der Waals surface area contributed by atoms with Crippen molar-refractivity contribution in [3.8, 4) is 5.75 Å². The van der Waals surface area contributed by atoms with Crippen LogP contribution in [0.1, 0.15) is 12.8 Å². The number of ether oxygens (including phenoxy) is 3. The van der Waals surface area contributed by atoms with Crippen molar-refractivity contribution in [2.75, 3.05) is 19.8 Å². The molecule has 1 saturated heterocycles. The van der Waals surface area contributed by atoms with Crippen molar-refractivity contribution in [3.63, 3.8) is 0 Å². The monoisotopic (exact) mass is 334 g/mol. The maximum Gasteiger partial charge on any atom is 0.160 e. The van der Waals surface area contributed by atoms with E-state index in [4.69, 9.17) is 14.2 Å². The van der Waals surface area contributed by atoms with Gasteiger partial charge in [0, 0.05) is 9.99 Å². The van der Waals surface area contributed by atoms with Crippen LogP contribution in [0.15, 0.2) is 24.3 Å². The third kappa shape index (κ3) is 3.92. The van der Waals surface area contributed by atoms with Crippen LogP contribution in [-0.2, 0) is 9.47 Å². The van der Waals surface area contributed by atoms with Gasteiger partial charge in [0.05, 0.1) is 19.8 Å². The van der Waals surface area contributed by atoms with E-state index in [2.05, 4.69) is 22.6 Å². The predicted molar refractivity (Wildman–Crippen MR) is 69.6 cm³/mol. The van der Waals surface area contributed by atoms with Crippen LogP contribution < -0.4 is 4.74 Å². The molecule has 1 aliphatic rings. The van der Waals surface area contributed by atoms with Gasteiger partial charge in [0.2, 0.25) is 0 Å². The fourth-order valence-corrected chi connectivity index (χ4v) is 1.87. The molecule has 2 rings (SSSR count). The van der Waals surface area contributed by atoms with Gasteiger partial charge in [-0.15, -0.1) is 0 Å².